The summed E-state index contributed by atoms with van der Waals surface area (Å²) in [7, 11) is 0. The predicted molar refractivity (Wildman–Crippen MR) is 67.8 cm³/mol. The summed E-state index contributed by atoms with van der Waals surface area (Å²) in [5, 5.41) is 9.75. The number of carbonyl (C=O) groups is 1. The van der Waals surface area contributed by atoms with Crippen molar-refractivity contribution in [3.8, 4) is 0 Å². The fourth-order valence-corrected chi connectivity index (χ4v) is 1.23. The summed E-state index contributed by atoms with van der Waals surface area (Å²) < 4.78 is 0. The van der Waals surface area contributed by atoms with Crippen LogP contribution in [0.15, 0.2) is 47.8 Å². The lowest BCUT2D eigenvalue weighted by atomic mass is 10.2. The van der Waals surface area contributed by atoms with E-state index in [0.29, 0.717) is 0 Å². The van der Waals surface area contributed by atoms with Crippen LogP contribution in [0.25, 0.3) is 6.08 Å². The highest BCUT2D eigenvalue weighted by Crippen LogP contribution is 1.99. The van der Waals surface area contributed by atoms with E-state index in [1.807, 2.05) is 36.4 Å². The van der Waals surface area contributed by atoms with E-state index in [1.165, 1.54) is 12.5 Å². The molecule has 0 saturated heterocycles. The standard InChI is InChI=1S/C12H11N5O/c18-12(11-13-9-15-16-11)17-14-8-4-7-10-5-2-1-3-6-10/h1-9H,(H,17,18)(H,13,15,16)/b7-4+,14-8?. The minimum Gasteiger partial charge on any atom is -0.264 e. The fraction of sp³-hybridized carbons (Fsp3) is 0. The highest BCUT2D eigenvalue weighted by atomic mass is 16.2. The molecule has 0 radical (unpaired) electrons. The highest BCUT2D eigenvalue weighted by molar-refractivity contribution is 5.91. The number of aromatic amines is 1. The molecule has 0 fully saturated rings. The molecule has 0 unspecified atom stereocenters. The van der Waals surface area contributed by atoms with E-state index in [4.69, 9.17) is 0 Å². The number of rotatable bonds is 4. The Labute approximate surface area is 103 Å². The van der Waals surface area contributed by atoms with Crippen LogP contribution in [0.2, 0.25) is 0 Å². The number of H-pyrrole nitrogens is 1. The number of nitrogens with one attached hydrogen (secondary N) is 2. The molecule has 90 valence electrons. The topological polar surface area (TPSA) is 83.0 Å². The zero-order chi connectivity index (χ0) is 12.6. The smallest absolute Gasteiger partial charge is 0.264 e. The zero-order valence-electron chi connectivity index (χ0n) is 9.45. The maximum Gasteiger partial charge on any atom is 0.308 e. The van der Waals surface area contributed by atoms with Gasteiger partial charge in [-0.15, -0.1) is 0 Å². The number of hydrazone groups is 1. The number of benzene rings is 1. The molecule has 6 nitrogen and oxygen atoms in total. The minimum atomic E-state index is -0.433. The van der Waals surface area contributed by atoms with Gasteiger partial charge in [0.2, 0.25) is 5.82 Å². The fourth-order valence-electron chi connectivity index (χ4n) is 1.23. The number of aromatic nitrogens is 3. The normalized spacial score (nSPS) is 11.1. The molecule has 0 bridgehead atoms. The summed E-state index contributed by atoms with van der Waals surface area (Å²) in [5.41, 5.74) is 3.38. The first-order valence-corrected chi connectivity index (χ1v) is 5.27. The SMILES string of the molecule is O=C(NN=C/C=C/c1ccccc1)c1ncn[nH]1. The quantitative estimate of drug-likeness (QED) is 0.624. The Kier molecular flexibility index (Phi) is 3.97. The van der Waals surface area contributed by atoms with Crippen molar-refractivity contribution >= 4 is 18.2 Å². The molecule has 0 atom stereocenters. The van der Waals surface area contributed by atoms with E-state index in [0.717, 1.165) is 5.56 Å². The minimum absolute atomic E-state index is 0.124. The van der Waals surface area contributed by atoms with Crippen LogP contribution in [0.5, 0.6) is 0 Å². The van der Waals surface area contributed by atoms with Crippen molar-refractivity contribution in [2.45, 2.75) is 0 Å². The van der Waals surface area contributed by atoms with Crippen LogP contribution >= 0.6 is 0 Å². The average Bonchev–Trinajstić information content (AvgIpc) is 2.93. The first kappa shape index (κ1) is 11.7. The third-order valence-electron chi connectivity index (χ3n) is 2.05. The Morgan fingerprint density at radius 3 is 2.89 bits per heavy atom. The average molecular weight is 241 g/mol. The number of amides is 1. The van der Waals surface area contributed by atoms with Gasteiger partial charge in [-0.3, -0.25) is 9.89 Å². The van der Waals surface area contributed by atoms with Crippen molar-refractivity contribution < 1.29 is 4.79 Å². The first-order valence-electron chi connectivity index (χ1n) is 5.27. The molecule has 1 aromatic carbocycles. The number of carbonyl (C=O) groups excluding carboxylic acids is 1. The lowest BCUT2D eigenvalue weighted by molar-refractivity contribution is 0.0945. The summed E-state index contributed by atoms with van der Waals surface area (Å²) in [5.74, 6) is -0.309. The van der Waals surface area contributed by atoms with Gasteiger partial charge >= 0.3 is 5.91 Å². The van der Waals surface area contributed by atoms with Crippen LogP contribution < -0.4 is 5.43 Å². The Balaban J connectivity index is 1.82. The summed E-state index contributed by atoms with van der Waals surface area (Å²) in [6.45, 7) is 0. The number of nitrogens with zero attached hydrogens (tertiary/aromatic N) is 3. The second kappa shape index (κ2) is 6.09. The van der Waals surface area contributed by atoms with Gasteiger partial charge in [-0.1, -0.05) is 36.4 Å². The van der Waals surface area contributed by atoms with E-state index >= 15 is 0 Å². The molecule has 0 saturated carbocycles. The van der Waals surface area contributed by atoms with E-state index in [-0.39, 0.29) is 5.82 Å². The van der Waals surface area contributed by atoms with Gasteiger partial charge < -0.3 is 0 Å². The van der Waals surface area contributed by atoms with E-state index in [9.17, 15) is 4.79 Å². The summed E-state index contributed by atoms with van der Waals surface area (Å²) in [6, 6.07) is 9.78. The van der Waals surface area contributed by atoms with Crippen LogP contribution in [-0.2, 0) is 0 Å². The Hall–Kier alpha value is -2.76. The summed E-state index contributed by atoms with van der Waals surface area (Å²) in [4.78, 5) is 15.0. The molecule has 2 rings (SSSR count). The molecule has 1 aromatic heterocycles. The van der Waals surface area contributed by atoms with Crippen molar-refractivity contribution in [2.24, 2.45) is 5.10 Å². The van der Waals surface area contributed by atoms with Crippen LogP contribution in [0.4, 0.5) is 0 Å². The zero-order valence-corrected chi connectivity index (χ0v) is 9.45. The monoisotopic (exact) mass is 241 g/mol. The molecule has 18 heavy (non-hydrogen) atoms. The molecule has 0 aliphatic heterocycles. The van der Waals surface area contributed by atoms with E-state index in [2.05, 4.69) is 25.7 Å². The Morgan fingerprint density at radius 2 is 2.17 bits per heavy atom. The number of hydrogen-bond donors (Lipinski definition) is 2. The molecule has 0 aliphatic carbocycles. The number of allylic oxidation sites excluding steroid dienone is 1. The van der Waals surface area contributed by atoms with Gasteiger partial charge in [0.05, 0.1) is 0 Å². The third-order valence-corrected chi connectivity index (χ3v) is 2.05. The van der Waals surface area contributed by atoms with Crippen molar-refractivity contribution in [2.75, 3.05) is 0 Å². The van der Waals surface area contributed by atoms with Gasteiger partial charge in [0.1, 0.15) is 6.33 Å². The van der Waals surface area contributed by atoms with Gasteiger partial charge in [-0.2, -0.15) is 10.2 Å². The molecular formula is C12H11N5O. The van der Waals surface area contributed by atoms with Gasteiger partial charge in [-0.25, -0.2) is 10.4 Å². The van der Waals surface area contributed by atoms with Crippen molar-refractivity contribution in [1.82, 2.24) is 20.6 Å². The Bertz CT molecular complexity index is 545. The molecular weight excluding hydrogens is 230 g/mol. The van der Waals surface area contributed by atoms with Crippen molar-refractivity contribution in [3.63, 3.8) is 0 Å². The highest BCUT2D eigenvalue weighted by Gasteiger charge is 2.05. The molecule has 1 amide bonds. The molecule has 2 N–H and O–H groups in total. The lowest BCUT2D eigenvalue weighted by Crippen LogP contribution is -2.18. The van der Waals surface area contributed by atoms with E-state index in [1.54, 1.807) is 6.08 Å². The maximum atomic E-state index is 11.4. The molecule has 0 spiro atoms. The van der Waals surface area contributed by atoms with Crippen LogP contribution in [0.1, 0.15) is 16.2 Å². The third kappa shape index (κ3) is 3.38. The van der Waals surface area contributed by atoms with Crippen LogP contribution in [-0.4, -0.2) is 27.3 Å². The number of hydrogen-bond acceptors (Lipinski definition) is 4. The first-order chi connectivity index (χ1) is 8.86. The largest absolute Gasteiger partial charge is 0.308 e. The van der Waals surface area contributed by atoms with Gasteiger partial charge in [0, 0.05) is 6.21 Å². The van der Waals surface area contributed by atoms with Crippen molar-refractivity contribution in [3.05, 3.63) is 54.1 Å². The predicted octanol–water partition coefficient (Wildman–Crippen LogP) is 1.23. The van der Waals surface area contributed by atoms with Gasteiger partial charge in [0.15, 0.2) is 0 Å². The van der Waals surface area contributed by atoms with E-state index < -0.39 is 5.91 Å². The van der Waals surface area contributed by atoms with Gasteiger partial charge in [-0.05, 0) is 11.6 Å². The molecule has 0 aliphatic rings. The van der Waals surface area contributed by atoms with Gasteiger partial charge in [0.25, 0.3) is 0 Å². The summed E-state index contributed by atoms with van der Waals surface area (Å²) >= 11 is 0. The second-order valence-corrected chi connectivity index (χ2v) is 3.32. The van der Waals surface area contributed by atoms with Crippen LogP contribution in [0, 0.1) is 0 Å². The lowest BCUT2D eigenvalue weighted by Gasteiger charge is -1.92. The van der Waals surface area contributed by atoms with Crippen molar-refractivity contribution in [1.29, 1.82) is 0 Å². The van der Waals surface area contributed by atoms with Crippen LogP contribution in [0.3, 0.4) is 0 Å². The Morgan fingerprint density at radius 1 is 1.33 bits per heavy atom. The maximum absolute atomic E-state index is 11.4. The summed E-state index contributed by atoms with van der Waals surface area (Å²) in [6.07, 6.45) is 6.36. The molecule has 6 heteroatoms. The molecule has 1 heterocycles. The second-order valence-electron chi connectivity index (χ2n) is 3.32. The molecule has 2 aromatic rings.